The molecule has 0 bridgehead atoms. The van der Waals surface area contributed by atoms with Crippen molar-refractivity contribution in [1.29, 1.82) is 0 Å². The number of nitrogens with zero attached hydrogens (tertiary/aromatic N) is 2. The minimum absolute atomic E-state index is 0.0816. The zero-order valence-corrected chi connectivity index (χ0v) is 9.58. The van der Waals surface area contributed by atoms with Crippen molar-refractivity contribution in [3.05, 3.63) is 16.4 Å². The summed E-state index contributed by atoms with van der Waals surface area (Å²) in [6, 6.07) is 0. The van der Waals surface area contributed by atoms with Gasteiger partial charge in [-0.2, -0.15) is 5.10 Å². The maximum absolute atomic E-state index is 10.9. The second-order valence-electron chi connectivity index (χ2n) is 3.41. The highest BCUT2D eigenvalue weighted by atomic mass is 79.9. The molecule has 0 aliphatic heterocycles. The maximum Gasteiger partial charge on any atom is 0.129 e. The van der Waals surface area contributed by atoms with Gasteiger partial charge in [-0.3, -0.25) is 4.68 Å². The highest BCUT2D eigenvalue weighted by molar-refractivity contribution is 9.10. The standard InChI is InChI=1S/C9H13BrN2O/c1-6(2)7(5-13)9-8(10)4-11-12(9)3/h4-7H,1-3H3. The Labute approximate surface area is 86.3 Å². The van der Waals surface area contributed by atoms with Gasteiger partial charge < -0.3 is 4.79 Å². The van der Waals surface area contributed by atoms with Crippen molar-refractivity contribution in [2.45, 2.75) is 19.8 Å². The quantitative estimate of drug-likeness (QED) is 0.764. The van der Waals surface area contributed by atoms with Gasteiger partial charge in [0.2, 0.25) is 0 Å². The SMILES string of the molecule is CC(C)C(C=O)c1c(Br)cnn1C. The van der Waals surface area contributed by atoms with Gasteiger partial charge in [0.25, 0.3) is 0 Å². The fraction of sp³-hybridized carbons (Fsp3) is 0.556. The van der Waals surface area contributed by atoms with E-state index < -0.39 is 0 Å². The van der Waals surface area contributed by atoms with Crippen LogP contribution in [0.4, 0.5) is 0 Å². The lowest BCUT2D eigenvalue weighted by atomic mass is 9.94. The number of carbonyl (C=O) groups excluding carboxylic acids is 1. The molecule has 3 nitrogen and oxygen atoms in total. The van der Waals surface area contributed by atoms with E-state index in [9.17, 15) is 4.79 Å². The Morgan fingerprint density at radius 3 is 2.54 bits per heavy atom. The number of rotatable bonds is 3. The minimum Gasteiger partial charge on any atom is -0.303 e. The fourth-order valence-corrected chi connectivity index (χ4v) is 1.95. The molecule has 0 aliphatic carbocycles. The first kappa shape index (κ1) is 10.4. The van der Waals surface area contributed by atoms with Crippen molar-refractivity contribution in [3.63, 3.8) is 0 Å². The minimum atomic E-state index is -0.0816. The Bertz CT molecular complexity index is 287. The monoisotopic (exact) mass is 244 g/mol. The third-order valence-corrected chi connectivity index (χ3v) is 2.73. The van der Waals surface area contributed by atoms with Crippen molar-refractivity contribution in [2.24, 2.45) is 13.0 Å². The van der Waals surface area contributed by atoms with E-state index in [0.717, 1.165) is 16.5 Å². The van der Waals surface area contributed by atoms with E-state index in [4.69, 9.17) is 0 Å². The van der Waals surface area contributed by atoms with E-state index in [1.165, 1.54) is 0 Å². The average molecular weight is 245 g/mol. The number of hydrogen-bond donors (Lipinski definition) is 0. The molecule has 0 spiro atoms. The average Bonchev–Trinajstić information content (AvgIpc) is 2.36. The van der Waals surface area contributed by atoms with Crippen LogP contribution in [0, 0.1) is 5.92 Å². The van der Waals surface area contributed by atoms with Crippen LogP contribution in [0.3, 0.4) is 0 Å². The van der Waals surface area contributed by atoms with Crippen molar-refractivity contribution in [2.75, 3.05) is 0 Å². The molecule has 1 atom stereocenters. The molecule has 1 rings (SSSR count). The fourth-order valence-electron chi connectivity index (χ4n) is 1.33. The van der Waals surface area contributed by atoms with E-state index in [0.29, 0.717) is 5.92 Å². The van der Waals surface area contributed by atoms with Crippen LogP contribution in [-0.2, 0) is 11.8 Å². The molecule has 0 amide bonds. The zero-order valence-electron chi connectivity index (χ0n) is 7.99. The summed E-state index contributed by atoms with van der Waals surface area (Å²) in [6.45, 7) is 4.05. The summed E-state index contributed by atoms with van der Waals surface area (Å²) in [5, 5.41) is 4.08. The summed E-state index contributed by atoms with van der Waals surface area (Å²) >= 11 is 3.38. The zero-order chi connectivity index (χ0) is 10.0. The third-order valence-electron chi connectivity index (χ3n) is 2.12. The molecular formula is C9H13BrN2O. The van der Waals surface area contributed by atoms with Crippen LogP contribution in [0.1, 0.15) is 25.5 Å². The molecule has 0 aliphatic rings. The molecule has 4 heteroatoms. The number of aldehydes is 1. The van der Waals surface area contributed by atoms with Gasteiger partial charge >= 0.3 is 0 Å². The highest BCUT2D eigenvalue weighted by Crippen LogP contribution is 2.28. The van der Waals surface area contributed by atoms with Crippen LogP contribution in [0.5, 0.6) is 0 Å². The topological polar surface area (TPSA) is 34.9 Å². The highest BCUT2D eigenvalue weighted by Gasteiger charge is 2.21. The first-order valence-electron chi connectivity index (χ1n) is 4.20. The molecule has 1 aromatic heterocycles. The first-order valence-corrected chi connectivity index (χ1v) is 5.00. The molecule has 0 saturated carbocycles. The summed E-state index contributed by atoms with van der Waals surface area (Å²) in [5.74, 6) is 0.214. The Kier molecular flexibility index (Phi) is 3.25. The lowest BCUT2D eigenvalue weighted by molar-refractivity contribution is -0.110. The molecule has 0 fully saturated rings. The van der Waals surface area contributed by atoms with Gasteiger partial charge in [-0.1, -0.05) is 13.8 Å². The number of hydrogen-bond acceptors (Lipinski definition) is 2. The van der Waals surface area contributed by atoms with E-state index >= 15 is 0 Å². The predicted octanol–water partition coefficient (Wildman–Crippen LogP) is 2.12. The molecule has 72 valence electrons. The summed E-state index contributed by atoms with van der Waals surface area (Å²) < 4.78 is 2.64. The van der Waals surface area contributed by atoms with E-state index in [2.05, 4.69) is 21.0 Å². The number of carbonyl (C=O) groups is 1. The van der Waals surface area contributed by atoms with Crippen LogP contribution < -0.4 is 0 Å². The van der Waals surface area contributed by atoms with Crippen LogP contribution in [0.15, 0.2) is 10.7 Å². The molecule has 13 heavy (non-hydrogen) atoms. The second kappa shape index (κ2) is 4.05. The second-order valence-corrected chi connectivity index (χ2v) is 4.26. The normalized spacial score (nSPS) is 13.3. The summed E-state index contributed by atoms with van der Waals surface area (Å²) in [6.07, 6.45) is 2.70. The summed E-state index contributed by atoms with van der Waals surface area (Å²) in [5.41, 5.74) is 0.949. The Balaban J connectivity index is 3.10. The largest absolute Gasteiger partial charge is 0.303 e. The van der Waals surface area contributed by atoms with Crippen LogP contribution in [-0.4, -0.2) is 16.1 Å². The lowest BCUT2D eigenvalue weighted by Crippen LogP contribution is -2.13. The van der Waals surface area contributed by atoms with Gasteiger partial charge in [-0.25, -0.2) is 0 Å². The van der Waals surface area contributed by atoms with Crippen molar-refractivity contribution in [3.8, 4) is 0 Å². The molecule has 0 N–H and O–H groups in total. The predicted molar refractivity (Wildman–Crippen MR) is 54.6 cm³/mol. The Hall–Kier alpha value is -0.640. The van der Waals surface area contributed by atoms with Crippen LogP contribution >= 0.6 is 15.9 Å². The van der Waals surface area contributed by atoms with Crippen molar-refractivity contribution >= 4 is 22.2 Å². The molecule has 0 saturated heterocycles. The van der Waals surface area contributed by atoms with E-state index in [1.54, 1.807) is 10.9 Å². The maximum atomic E-state index is 10.9. The third kappa shape index (κ3) is 1.99. The lowest BCUT2D eigenvalue weighted by Gasteiger charge is -2.14. The van der Waals surface area contributed by atoms with Crippen molar-refractivity contribution < 1.29 is 4.79 Å². The van der Waals surface area contributed by atoms with E-state index in [1.807, 2.05) is 20.9 Å². The van der Waals surface area contributed by atoms with E-state index in [-0.39, 0.29) is 5.92 Å². The smallest absolute Gasteiger partial charge is 0.129 e. The number of aromatic nitrogens is 2. The molecule has 0 aromatic carbocycles. The van der Waals surface area contributed by atoms with Gasteiger partial charge in [0.1, 0.15) is 6.29 Å². The summed E-state index contributed by atoms with van der Waals surface area (Å²) in [4.78, 5) is 10.9. The molecule has 1 unspecified atom stereocenters. The van der Waals surface area contributed by atoms with Gasteiger partial charge in [0.05, 0.1) is 22.3 Å². The first-order chi connectivity index (χ1) is 6.07. The number of aryl methyl sites for hydroxylation is 1. The Morgan fingerprint density at radius 2 is 2.23 bits per heavy atom. The molecular weight excluding hydrogens is 232 g/mol. The Morgan fingerprint density at radius 1 is 1.62 bits per heavy atom. The van der Waals surface area contributed by atoms with Gasteiger partial charge in [0, 0.05) is 7.05 Å². The number of halogens is 1. The molecule has 1 aromatic rings. The van der Waals surface area contributed by atoms with Crippen LogP contribution in [0.2, 0.25) is 0 Å². The van der Waals surface area contributed by atoms with Crippen molar-refractivity contribution in [1.82, 2.24) is 9.78 Å². The molecule has 1 heterocycles. The van der Waals surface area contributed by atoms with Gasteiger partial charge in [-0.15, -0.1) is 0 Å². The summed E-state index contributed by atoms with van der Waals surface area (Å²) in [7, 11) is 1.85. The molecule has 0 radical (unpaired) electrons. The van der Waals surface area contributed by atoms with Gasteiger partial charge in [-0.05, 0) is 21.8 Å². The van der Waals surface area contributed by atoms with Crippen LogP contribution in [0.25, 0.3) is 0 Å². The van der Waals surface area contributed by atoms with Gasteiger partial charge in [0.15, 0.2) is 0 Å².